The van der Waals surface area contributed by atoms with Crippen molar-refractivity contribution in [3.8, 4) is 0 Å². The summed E-state index contributed by atoms with van der Waals surface area (Å²) in [6, 6.07) is 3.48. The van der Waals surface area contributed by atoms with Gasteiger partial charge in [0.2, 0.25) is 10.0 Å². The van der Waals surface area contributed by atoms with Gasteiger partial charge in [-0.3, -0.25) is 4.79 Å². The summed E-state index contributed by atoms with van der Waals surface area (Å²) in [5.41, 5.74) is -0.0650. The second-order valence-electron chi connectivity index (χ2n) is 4.64. The van der Waals surface area contributed by atoms with Crippen LogP contribution in [0.5, 0.6) is 0 Å². The van der Waals surface area contributed by atoms with Crippen LogP contribution in [-0.2, 0) is 19.6 Å². The predicted octanol–water partition coefficient (Wildman–Crippen LogP) is 1.06. The molecule has 9 heteroatoms. The van der Waals surface area contributed by atoms with Gasteiger partial charge >= 0.3 is 5.97 Å². The Bertz CT molecular complexity index is 675. The molecule has 0 unspecified atom stereocenters. The standard InChI is InChI=1S/C13H17ClN2O5S/c1-3-8(2)16-12(17)7-21-13(18)9-4-5-10(14)11(6-9)22(15,19)20/h4-6,8H,3,7H2,1-2H3,(H,16,17)(H2,15,19,20)/t8-/m1/s1. The van der Waals surface area contributed by atoms with Crippen molar-refractivity contribution in [1.29, 1.82) is 0 Å². The van der Waals surface area contributed by atoms with Gasteiger partial charge in [0.15, 0.2) is 6.61 Å². The number of hydrogen-bond donors (Lipinski definition) is 2. The van der Waals surface area contributed by atoms with Crippen molar-refractivity contribution in [3.63, 3.8) is 0 Å². The van der Waals surface area contributed by atoms with E-state index in [0.29, 0.717) is 0 Å². The predicted molar refractivity (Wildman–Crippen MR) is 81.0 cm³/mol. The number of nitrogens with one attached hydrogen (secondary N) is 1. The van der Waals surface area contributed by atoms with Crippen molar-refractivity contribution < 1.29 is 22.7 Å². The van der Waals surface area contributed by atoms with Gasteiger partial charge < -0.3 is 10.1 Å². The number of halogens is 1. The van der Waals surface area contributed by atoms with Crippen LogP contribution >= 0.6 is 11.6 Å². The third kappa shape index (κ3) is 5.28. The molecule has 22 heavy (non-hydrogen) atoms. The molecule has 0 fully saturated rings. The van der Waals surface area contributed by atoms with E-state index >= 15 is 0 Å². The van der Waals surface area contributed by atoms with Crippen LogP contribution in [0.1, 0.15) is 30.6 Å². The van der Waals surface area contributed by atoms with E-state index < -0.39 is 28.5 Å². The molecular formula is C13H17ClN2O5S. The number of carbonyl (C=O) groups is 2. The van der Waals surface area contributed by atoms with Gasteiger partial charge in [0.05, 0.1) is 10.6 Å². The number of primary sulfonamides is 1. The fraction of sp³-hybridized carbons (Fsp3) is 0.385. The first-order valence-corrected chi connectivity index (χ1v) is 8.36. The number of nitrogens with two attached hydrogens (primary N) is 1. The third-order valence-electron chi connectivity index (χ3n) is 2.83. The van der Waals surface area contributed by atoms with Crippen LogP contribution in [-0.4, -0.2) is 32.9 Å². The summed E-state index contributed by atoms with van der Waals surface area (Å²) in [7, 11) is -4.06. The van der Waals surface area contributed by atoms with Crippen molar-refractivity contribution in [2.75, 3.05) is 6.61 Å². The molecule has 0 radical (unpaired) electrons. The van der Waals surface area contributed by atoms with E-state index in [1.165, 1.54) is 12.1 Å². The average Bonchev–Trinajstić information content (AvgIpc) is 2.43. The Morgan fingerprint density at radius 3 is 2.59 bits per heavy atom. The number of amides is 1. The summed E-state index contributed by atoms with van der Waals surface area (Å²) in [5.74, 6) is -1.29. The number of carbonyl (C=O) groups excluding carboxylic acids is 2. The minimum atomic E-state index is -4.06. The zero-order valence-electron chi connectivity index (χ0n) is 12.1. The molecule has 0 spiro atoms. The Balaban J connectivity index is 2.77. The van der Waals surface area contributed by atoms with Crippen molar-refractivity contribution >= 4 is 33.5 Å². The minimum absolute atomic E-state index is 0.0317. The lowest BCUT2D eigenvalue weighted by molar-refractivity contribution is -0.124. The average molecular weight is 349 g/mol. The Hall–Kier alpha value is -1.64. The summed E-state index contributed by atoms with van der Waals surface area (Å²) < 4.78 is 27.5. The summed E-state index contributed by atoms with van der Waals surface area (Å²) in [6.45, 7) is 3.26. The van der Waals surface area contributed by atoms with E-state index in [1.54, 1.807) is 0 Å². The molecule has 0 aromatic heterocycles. The smallest absolute Gasteiger partial charge is 0.338 e. The van der Waals surface area contributed by atoms with E-state index in [2.05, 4.69) is 5.32 Å². The lowest BCUT2D eigenvalue weighted by Gasteiger charge is -2.11. The molecule has 0 heterocycles. The van der Waals surface area contributed by atoms with Crippen molar-refractivity contribution in [1.82, 2.24) is 5.32 Å². The van der Waals surface area contributed by atoms with Crippen LogP contribution in [0.4, 0.5) is 0 Å². The Morgan fingerprint density at radius 2 is 2.05 bits per heavy atom. The van der Waals surface area contributed by atoms with Crippen molar-refractivity contribution in [3.05, 3.63) is 28.8 Å². The normalized spacial score (nSPS) is 12.5. The minimum Gasteiger partial charge on any atom is -0.452 e. The highest BCUT2D eigenvalue weighted by atomic mass is 35.5. The van der Waals surface area contributed by atoms with Crippen molar-refractivity contribution in [2.24, 2.45) is 5.14 Å². The molecule has 3 N–H and O–H groups in total. The van der Waals surface area contributed by atoms with Crippen molar-refractivity contribution in [2.45, 2.75) is 31.2 Å². The number of ether oxygens (including phenoxy) is 1. The first-order valence-electron chi connectivity index (χ1n) is 6.44. The zero-order valence-corrected chi connectivity index (χ0v) is 13.7. The second kappa shape index (κ2) is 7.57. The number of sulfonamides is 1. The molecular weight excluding hydrogens is 332 g/mol. The summed E-state index contributed by atoms with van der Waals surface area (Å²) in [5, 5.41) is 7.52. The topological polar surface area (TPSA) is 116 Å². The van der Waals surface area contributed by atoms with Gasteiger partial charge in [0, 0.05) is 6.04 Å². The van der Waals surface area contributed by atoms with Gasteiger partial charge in [-0.15, -0.1) is 0 Å². The first kappa shape index (κ1) is 18.4. The first-order chi connectivity index (χ1) is 10.1. The number of benzene rings is 1. The molecule has 0 saturated carbocycles. The molecule has 122 valence electrons. The molecule has 0 aliphatic rings. The van der Waals surface area contributed by atoms with E-state index in [4.69, 9.17) is 21.5 Å². The largest absolute Gasteiger partial charge is 0.452 e. The van der Waals surface area contributed by atoms with Crippen LogP contribution in [0.15, 0.2) is 23.1 Å². The van der Waals surface area contributed by atoms with E-state index in [0.717, 1.165) is 12.5 Å². The Kier molecular flexibility index (Phi) is 6.34. The fourth-order valence-corrected chi connectivity index (χ4v) is 2.55. The van der Waals surface area contributed by atoms with Crippen LogP contribution in [0, 0.1) is 0 Å². The molecule has 1 aromatic carbocycles. The van der Waals surface area contributed by atoms with Gasteiger partial charge in [0.1, 0.15) is 4.90 Å². The van der Waals surface area contributed by atoms with Crippen LogP contribution < -0.4 is 10.5 Å². The van der Waals surface area contributed by atoms with Gasteiger partial charge in [-0.1, -0.05) is 18.5 Å². The van der Waals surface area contributed by atoms with E-state index in [9.17, 15) is 18.0 Å². The molecule has 0 saturated heterocycles. The molecule has 1 amide bonds. The quantitative estimate of drug-likeness (QED) is 0.746. The maximum absolute atomic E-state index is 11.8. The second-order valence-corrected chi connectivity index (χ2v) is 6.58. The van der Waals surface area contributed by atoms with Gasteiger partial charge in [-0.25, -0.2) is 18.4 Å². The lowest BCUT2D eigenvalue weighted by Crippen LogP contribution is -2.35. The fourth-order valence-electron chi connectivity index (χ4n) is 1.48. The highest BCUT2D eigenvalue weighted by molar-refractivity contribution is 7.89. The monoisotopic (exact) mass is 348 g/mol. The number of hydrogen-bond acceptors (Lipinski definition) is 5. The molecule has 1 atom stereocenters. The molecule has 1 rings (SSSR count). The maximum atomic E-state index is 11.8. The summed E-state index contributed by atoms with van der Waals surface area (Å²) >= 11 is 5.71. The molecule has 0 bridgehead atoms. The van der Waals surface area contributed by atoms with Gasteiger partial charge in [0.25, 0.3) is 5.91 Å². The molecule has 0 aliphatic carbocycles. The molecule has 1 aromatic rings. The zero-order chi connectivity index (χ0) is 16.9. The lowest BCUT2D eigenvalue weighted by atomic mass is 10.2. The van der Waals surface area contributed by atoms with Gasteiger partial charge in [-0.05, 0) is 31.5 Å². The summed E-state index contributed by atoms with van der Waals surface area (Å²) in [4.78, 5) is 22.9. The van der Waals surface area contributed by atoms with Crippen LogP contribution in [0.25, 0.3) is 0 Å². The Labute approximate surface area is 133 Å². The highest BCUT2D eigenvalue weighted by Gasteiger charge is 2.18. The molecule has 0 aliphatic heterocycles. The SMILES string of the molecule is CC[C@@H](C)NC(=O)COC(=O)c1ccc(Cl)c(S(N)(=O)=O)c1. The third-order valence-corrected chi connectivity index (χ3v) is 4.22. The number of rotatable bonds is 6. The molecule has 7 nitrogen and oxygen atoms in total. The summed E-state index contributed by atoms with van der Waals surface area (Å²) in [6.07, 6.45) is 0.745. The van der Waals surface area contributed by atoms with Crippen LogP contribution in [0.3, 0.4) is 0 Å². The van der Waals surface area contributed by atoms with E-state index in [-0.39, 0.29) is 21.5 Å². The number of esters is 1. The Morgan fingerprint density at radius 1 is 1.41 bits per heavy atom. The maximum Gasteiger partial charge on any atom is 0.338 e. The van der Waals surface area contributed by atoms with Crippen LogP contribution in [0.2, 0.25) is 5.02 Å². The highest BCUT2D eigenvalue weighted by Crippen LogP contribution is 2.21. The van der Waals surface area contributed by atoms with Gasteiger partial charge in [-0.2, -0.15) is 0 Å². The van der Waals surface area contributed by atoms with E-state index in [1.807, 2.05) is 13.8 Å².